The van der Waals surface area contributed by atoms with Gasteiger partial charge in [0.15, 0.2) is 0 Å². The van der Waals surface area contributed by atoms with Crippen LogP contribution in [0.3, 0.4) is 0 Å². The Morgan fingerprint density at radius 2 is 1.83 bits per heavy atom. The second kappa shape index (κ2) is 8.30. The van der Waals surface area contributed by atoms with Crippen LogP contribution >= 0.6 is 0 Å². The van der Waals surface area contributed by atoms with E-state index in [0.29, 0.717) is 13.0 Å². The number of aryl methyl sites for hydroxylation is 1. The fraction of sp³-hybridized carbons (Fsp3) is 0.600. The molecule has 0 fully saturated rings. The third-order valence-corrected chi connectivity index (χ3v) is 3.35. The van der Waals surface area contributed by atoms with Gasteiger partial charge in [0.1, 0.15) is 5.56 Å². The topological polar surface area (TPSA) is 90.6 Å². The van der Waals surface area contributed by atoms with Crippen LogP contribution in [0.5, 0.6) is 0 Å². The van der Waals surface area contributed by atoms with Crippen LogP contribution in [-0.2, 0) is 23.6 Å². The summed E-state index contributed by atoms with van der Waals surface area (Å²) in [6.07, 6.45) is 1.98. The molecule has 1 aromatic rings. The van der Waals surface area contributed by atoms with Crippen molar-refractivity contribution >= 4 is 11.9 Å². The molecule has 0 radical (unpaired) electrons. The van der Waals surface area contributed by atoms with E-state index >= 15 is 0 Å². The van der Waals surface area contributed by atoms with Gasteiger partial charge in [-0.1, -0.05) is 6.92 Å². The monoisotopic (exact) mass is 325 g/mol. The summed E-state index contributed by atoms with van der Waals surface area (Å²) < 4.78 is 6.92. The van der Waals surface area contributed by atoms with E-state index in [1.165, 1.54) is 29.8 Å². The fourth-order valence-electron chi connectivity index (χ4n) is 2.17. The normalized spacial score (nSPS) is 10.4. The standard InChI is InChI=1S/C15H23N3O5/c1-5-8-18(9-7-12(19)23-6-2)14(21)11-10-16(3)15(22)17(4)13(11)20/h10H,5-9H2,1-4H3. The lowest BCUT2D eigenvalue weighted by molar-refractivity contribution is -0.143. The maximum atomic E-state index is 12.6. The van der Waals surface area contributed by atoms with Crippen molar-refractivity contribution in [2.75, 3.05) is 19.7 Å². The molecule has 0 atom stereocenters. The van der Waals surface area contributed by atoms with E-state index in [-0.39, 0.29) is 25.1 Å². The first-order valence-corrected chi connectivity index (χ1v) is 7.55. The average molecular weight is 325 g/mol. The van der Waals surface area contributed by atoms with Crippen LogP contribution in [-0.4, -0.2) is 45.6 Å². The Hall–Kier alpha value is -2.38. The summed E-state index contributed by atoms with van der Waals surface area (Å²) in [5.41, 5.74) is -1.23. The lowest BCUT2D eigenvalue weighted by Crippen LogP contribution is -2.43. The van der Waals surface area contributed by atoms with Crippen LogP contribution in [0.2, 0.25) is 0 Å². The van der Waals surface area contributed by atoms with Gasteiger partial charge in [0.05, 0.1) is 13.0 Å². The van der Waals surface area contributed by atoms with Gasteiger partial charge in [0.2, 0.25) is 0 Å². The Morgan fingerprint density at radius 3 is 2.39 bits per heavy atom. The van der Waals surface area contributed by atoms with Crippen molar-refractivity contribution in [1.29, 1.82) is 0 Å². The zero-order valence-electron chi connectivity index (χ0n) is 14.0. The largest absolute Gasteiger partial charge is 0.466 e. The number of esters is 1. The molecule has 1 aromatic heterocycles. The van der Waals surface area contributed by atoms with E-state index in [4.69, 9.17) is 4.74 Å². The molecule has 0 aliphatic rings. The van der Waals surface area contributed by atoms with E-state index in [0.717, 1.165) is 4.57 Å². The molecule has 0 aliphatic heterocycles. The van der Waals surface area contributed by atoms with Crippen molar-refractivity contribution < 1.29 is 14.3 Å². The molecule has 1 amide bonds. The third-order valence-electron chi connectivity index (χ3n) is 3.35. The number of hydrogen-bond acceptors (Lipinski definition) is 5. The van der Waals surface area contributed by atoms with E-state index in [9.17, 15) is 19.2 Å². The number of hydrogen-bond donors (Lipinski definition) is 0. The molecule has 0 N–H and O–H groups in total. The van der Waals surface area contributed by atoms with E-state index in [1.807, 2.05) is 6.92 Å². The van der Waals surface area contributed by atoms with Crippen molar-refractivity contribution in [3.63, 3.8) is 0 Å². The Morgan fingerprint density at radius 1 is 1.17 bits per heavy atom. The van der Waals surface area contributed by atoms with Gasteiger partial charge in [-0.15, -0.1) is 0 Å². The Bertz CT molecular complexity index is 689. The van der Waals surface area contributed by atoms with Gasteiger partial charge in [-0.25, -0.2) is 4.79 Å². The van der Waals surface area contributed by atoms with Crippen LogP contribution in [0.1, 0.15) is 37.0 Å². The molecule has 0 aromatic carbocycles. The highest BCUT2D eigenvalue weighted by atomic mass is 16.5. The lowest BCUT2D eigenvalue weighted by atomic mass is 10.2. The van der Waals surface area contributed by atoms with Gasteiger partial charge in [-0.2, -0.15) is 0 Å². The summed E-state index contributed by atoms with van der Waals surface area (Å²) in [5.74, 6) is -0.887. The highest BCUT2D eigenvalue weighted by molar-refractivity contribution is 5.93. The van der Waals surface area contributed by atoms with Crippen molar-refractivity contribution in [1.82, 2.24) is 14.0 Å². The number of carbonyl (C=O) groups is 2. The van der Waals surface area contributed by atoms with Crippen molar-refractivity contribution in [2.24, 2.45) is 14.1 Å². The van der Waals surface area contributed by atoms with E-state index in [2.05, 4.69) is 0 Å². The predicted molar refractivity (Wildman–Crippen MR) is 84.4 cm³/mol. The molecule has 0 saturated heterocycles. The van der Waals surface area contributed by atoms with Gasteiger partial charge in [0, 0.05) is 33.4 Å². The Kier molecular flexibility index (Phi) is 6.74. The van der Waals surface area contributed by atoms with Gasteiger partial charge in [-0.05, 0) is 13.3 Å². The van der Waals surface area contributed by atoms with Crippen molar-refractivity contribution in [2.45, 2.75) is 26.7 Å². The summed E-state index contributed by atoms with van der Waals surface area (Å²) in [6.45, 7) is 4.45. The first-order valence-electron chi connectivity index (χ1n) is 7.55. The molecule has 128 valence electrons. The van der Waals surface area contributed by atoms with Crippen LogP contribution in [0, 0.1) is 0 Å². The van der Waals surface area contributed by atoms with Gasteiger partial charge < -0.3 is 14.2 Å². The predicted octanol–water partition coefficient (Wildman–Crippen LogP) is -0.111. The summed E-state index contributed by atoms with van der Waals surface area (Å²) >= 11 is 0. The summed E-state index contributed by atoms with van der Waals surface area (Å²) in [4.78, 5) is 49.3. The number of carbonyl (C=O) groups excluding carboxylic acids is 2. The molecule has 0 saturated carbocycles. The first-order chi connectivity index (χ1) is 10.8. The summed E-state index contributed by atoms with van der Waals surface area (Å²) in [7, 11) is 2.80. The molecule has 0 aliphatic carbocycles. The van der Waals surface area contributed by atoms with Crippen LogP contribution in [0.25, 0.3) is 0 Å². The van der Waals surface area contributed by atoms with E-state index in [1.54, 1.807) is 6.92 Å². The average Bonchev–Trinajstić information content (AvgIpc) is 2.52. The molecule has 0 unspecified atom stereocenters. The third kappa shape index (κ3) is 4.54. The molecule has 8 nitrogen and oxygen atoms in total. The minimum Gasteiger partial charge on any atom is -0.466 e. The quantitative estimate of drug-likeness (QED) is 0.652. The van der Waals surface area contributed by atoms with Gasteiger partial charge in [0.25, 0.3) is 11.5 Å². The van der Waals surface area contributed by atoms with Crippen molar-refractivity contribution in [3.05, 3.63) is 32.6 Å². The highest BCUT2D eigenvalue weighted by Crippen LogP contribution is 2.03. The SMILES string of the molecule is CCCN(CCC(=O)OCC)C(=O)c1cn(C)c(=O)n(C)c1=O. The summed E-state index contributed by atoms with van der Waals surface area (Å²) in [5, 5.41) is 0. The second-order valence-corrected chi connectivity index (χ2v) is 5.15. The minimum absolute atomic E-state index is 0.0612. The minimum atomic E-state index is -0.643. The first kappa shape index (κ1) is 18.7. The van der Waals surface area contributed by atoms with E-state index < -0.39 is 23.1 Å². The van der Waals surface area contributed by atoms with Gasteiger partial charge in [-0.3, -0.25) is 19.0 Å². The van der Waals surface area contributed by atoms with Crippen LogP contribution in [0.15, 0.2) is 15.8 Å². The maximum Gasteiger partial charge on any atom is 0.330 e. The molecule has 8 heteroatoms. The number of aromatic nitrogens is 2. The molecule has 23 heavy (non-hydrogen) atoms. The molecule has 1 rings (SSSR count). The smallest absolute Gasteiger partial charge is 0.330 e. The fourth-order valence-corrected chi connectivity index (χ4v) is 2.17. The van der Waals surface area contributed by atoms with Gasteiger partial charge >= 0.3 is 11.7 Å². The second-order valence-electron chi connectivity index (χ2n) is 5.15. The Labute approximate surface area is 134 Å². The number of amides is 1. The molecule has 0 bridgehead atoms. The Balaban J connectivity index is 3.05. The zero-order chi connectivity index (χ0) is 17.6. The van der Waals surface area contributed by atoms with Crippen molar-refractivity contribution in [3.8, 4) is 0 Å². The number of rotatable bonds is 7. The molecule has 1 heterocycles. The molecule has 0 spiro atoms. The maximum absolute atomic E-state index is 12.6. The zero-order valence-corrected chi connectivity index (χ0v) is 14.0. The number of ether oxygens (including phenoxy) is 1. The van der Waals surface area contributed by atoms with Crippen LogP contribution < -0.4 is 11.2 Å². The van der Waals surface area contributed by atoms with Crippen LogP contribution in [0.4, 0.5) is 0 Å². The number of nitrogens with zero attached hydrogens (tertiary/aromatic N) is 3. The highest BCUT2D eigenvalue weighted by Gasteiger charge is 2.21. The summed E-state index contributed by atoms with van der Waals surface area (Å²) in [6, 6.07) is 0. The lowest BCUT2D eigenvalue weighted by Gasteiger charge is -2.21. The molecular weight excluding hydrogens is 302 g/mol. The molecular formula is C15H23N3O5.